The molecule has 3 rings (SSSR count). The smallest absolute Gasteiger partial charge is 0.235 e. The molecule has 30 heavy (non-hydrogen) atoms. The van der Waals surface area contributed by atoms with Gasteiger partial charge in [0.15, 0.2) is 11.0 Å². The van der Waals surface area contributed by atoms with Crippen LogP contribution in [0.25, 0.3) is 11.4 Å². The van der Waals surface area contributed by atoms with Crippen LogP contribution in [0.4, 0.5) is 5.00 Å². The third-order valence-electron chi connectivity index (χ3n) is 4.10. The first-order valence-electron chi connectivity index (χ1n) is 9.58. The molecule has 0 saturated carbocycles. The van der Waals surface area contributed by atoms with Crippen molar-refractivity contribution in [2.45, 2.75) is 32.5 Å². The summed E-state index contributed by atoms with van der Waals surface area (Å²) < 4.78 is 7.71. The molecule has 0 saturated heterocycles. The summed E-state index contributed by atoms with van der Waals surface area (Å²) in [5.74, 6) is 2.05. The molecule has 156 valence electrons. The summed E-state index contributed by atoms with van der Waals surface area (Å²) >= 11 is 2.65. The van der Waals surface area contributed by atoms with Gasteiger partial charge in [-0.2, -0.15) is 5.26 Å². The molecule has 9 heteroatoms. The van der Waals surface area contributed by atoms with E-state index in [9.17, 15) is 4.79 Å². The van der Waals surface area contributed by atoms with Gasteiger partial charge in [0, 0.05) is 12.1 Å². The van der Waals surface area contributed by atoms with E-state index in [-0.39, 0.29) is 11.7 Å². The quantitative estimate of drug-likeness (QED) is 0.485. The Bertz CT molecular complexity index is 1030. The predicted molar refractivity (Wildman–Crippen MR) is 120 cm³/mol. The summed E-state index contributed by atoms with van der Waals surface area (Å²) in [4.78, 5) is 12.3. The molecule has 0 aliphatic carbocycles. The molecule has 2 heterocycles. The summed E-state index contributed by atoms with van der Waals surface area (Å²) in [5.41, 5.74) is 1.41. The summed E-state index contributed by atoms with van der Waals surface area (Å²) in [6.45, 7) is 7.60. The number of thioether (sulfide) groups is 1. The van der Waals surface area contributed by atoms with Crippen molar-refractivity contribution in [3.63, 3.8) is 0 Å². The fourth-order valence-electron chi connectivity index (χ4n) is 2.64. The van der Waals surface area contributed by atoms with Gasteiger partial charge < -0.3 is 14.6 Å². The number of thiophene rings is 1. The Morgan fingerprint density at radius 3 is 2.73 bits per heavy atom. The minimum Gasteiger partial charge on any atom is -0.493 e. The van der Waals surface area contributed by atoms with Crippen molar-refractivity contribution in [3.8, 4) is 23.2 Å². The van der Waals surface area contributed by atoms with E-state index in [0.717, 1.165) is 17.1 Å². The molecular weight excluding hydrogens is 418 g/mol. The van der Waals surface area contributed by atoms with Crippen molar-refractivity contribution >= 4 is 34.0 Å². The first kappa shape index (κ1) is 21.9. The highest BCUT2D eigenvalue weighted by molar-refractivity contribution is 7.99. The van der Waals surface area contributed by atoms with Gasteiger partial charge in [0.25, 0.3) is 0 Å². The van der Waals surface area contributed by atoms with Crippen LogP contribution in [0.15, 0.2) is 40.9 Å². The predicted octanol–water partition coefficient (Wildman–Crippen LogP) is 4.66. The monoisotopic (exact) mass is 441 g/mol. The molecule has 0 atom stereocenters. The van der Waals surface area contributed by atoms with Crippen molar-refractivity contribution in [1.82, 2.24) is 14.8 Å². The van der Waals surface area contributed by atoms with Gasteiger partial charge in [0.05, 0.1) is 17.9 Å². The minimum atomic E-state index is -0.183. The van der Waals surface area contributed by atoms with E-state index in [1.165, 1.54) is 23.1 Å². The van der Waals surface area contributed by atoms with Crippen molar-refractivity contribution in [3.05, 3.63) is 41.3 Å². The zero-order valence-corrected chi connectivity index (χ0v) is 18.7. The Hall–Kier alpha value is -2.83. The van der Waals surface area contributed by atoms with Gasteiger partial charge >= 0.3 is 0 Å². The number of hydrogen-bond acceptors (Lipinski definition) is 7. The van der Waals surface area contributed by atoms with Gasteiger partial charge in [0.1, 0.15) is 16.8 Å². The first-order chi connectivity index (χ1) is 14.5. The lowest BCUT2D eigenvalue weighted by Crippen LogP contribution is -2.14. The van der Waals surface area contributed by atoms with E-state index in [0.29, 0.717) is 34.8 Å². The van der Waals surface area contributed by atoms with Gasteiger partial charge in [-0.3, -0.25) is 4.79 Å². The number of carbonyl (C=O) groups excluding carboxylic acids is 1. The number of hydrogen-bond donors (Lipinski definition) is 1. The second kappa shape index (κ2) is 10.3. The van der Waals surface area contributed by atoms with Crippen LogP contribution in [0.5, 0.6) is 5.75 Å². The Labute approximate surface area is 184 Å². The van der Waals surface area contributed by atoms with E-state index in [1.807, 2.05) is 35.8 Å². The number of nitriles is 1. The lowest BCUT2D eigenvalue weighted by Gasteiger charge is -2.10. The van der Waals surface area contributed by atoms with Crippen molar-refractivity contribution in [2.75, 3.05) is 17.7 Å². The average Bonchev–Trinajstić information content (AvgIpc) is 3.37. The van der Waals surface area contributed by atoms with E-state index in [2.05, 4.69) is 35.4 Å². The number of aromatic nitrogens is 3. The SMILES string of the molecule is CCn1c(SCC(=O)Nc2sccc2C#N)nnc1-c1ccc(OCC(C)C)cc1. The molecule has 1 aromatic carbocycles. The fraction of sp³-hybridized carbons (Fsp3) is 0.333. The van der Waals surface area contributed by atoms with Crippen LogP contribution in [-0.2, 0) is 11.3 Å². The number of nitrogens with one attached hydrogen (secondary N) is 1. The first-order valence-corrected chi connectivity index (χ1v) is 11.4. The van der Waals surface area contributed by atoms with Crippen molar-refractivity contribution in [1.29, 1.82) is 5.26 Å². The summed E-state index contributed by atoms with van der Waals surface area (Å²) in [5, 5.41) is 23.4. The third-order valence-corrected chi connectivity index (χ3v) is 5.90. The van der Waals surface area contributed by atoms with Crippen LogP contribution in [0.1, 0.15) is 26.3 Å². The molecule has 0 radical (unpaired) electrons. The maximum Gasteiger partial charge on any atom is 0.235 e. The molecule has 2 aromatic heterocycles. The second-order valence-corrected chi connectivity index (χ2v) is 8.75. The zero-order chi connectivity index (χ0) is 21.5. The molecule has 0 fully saturated rings. The van der Waals surface area contributed by atoms with Crippen LogP contribution in [0.2, 0.25) is 0 Å². The van der Waals surface area contributed by atoms with Crippen molar-refractivity contribution < 1.29 is 9.53 Å². The normalized spacial score (nSPS) is 10.8. The van der Waals surface area contributed by atoms with E-state index < -0.39 is 0 Å². The number of ether oxygens (including phenoxy) is 1. The summed E-state index contributed by atoms with van der Waals surface area (Å²) in [6.07, 6.45) is 0. The number of amides is 1. The molecule has 0 aliphatic rings. The molecular formula is C21H23N5O2S2. The van der Waals surface area contributed by atoms with Crippen molar-refractivity contribution in [2.24, 2.45) is 5.92 Å². The number of benzene rings is 1. The lowest BCUT2D eigenvalue weighted by atomic mass is 10.2. The number of nitrogens with zero attached hydrogens (tertiary/aromatic N) is 4. The second-order valence-electron chi connectivity index (χ2n) is 6.89. The van der Waals surface area contributed by atoms with Crippen LogP contribution < -0.4 is 10.1 Å². The van der Waals surface area contributed by atoms with Crippen LogP contribution in [0, 0.1) is 17.2 Å². The summed E-state index contributed by atoms with van der Waals surface area (Å²) in [6, 6.07) is 11.5. The maximum absolute atomic E-state index is 12.3. The van der Waals surface area contributed by atoms with E-state index in [4.69, 9.17) is 10.00 Å². The van der Waals surface area contributed by atoms with Crippen LogP contribution in [-0.4, -0.2) is 33.0 Å². The standard InChI is InChI=1S/C21H23N5O2S2/c1-4-26-19(15-5-7-17(8-6-15)28-12-14(2)3)24-25-21(26)30-13-18(27)23-20-16(11-22)9-10-29-20/h5-10,14H,4,12-13H2,1-3H3,(H,23,27). The Morgan fingerprint density at radius 2 is 2.07 bits per heavy atom. The zero-order valence-electron chi connectivity index (χ0n) is 17.1. The molecule has 1 amide bonds. The highest BCUT2D eigenvalue weighted by Crippen LogP contribution is 2.27. The highest BCUT2D eigenvalue weighted by Gasteiger charge is 2.16. The van der Waals surface area contributed by atoms with Gasteiger partial charge in [-0.05, 0) is 48.6 Å². The van der Waals surface area contributed by atoms with E-state index in [1.54, 1.807) is 11.4 Å². The Kier molecular flexibility index (Phi) is 7.49. The Balaban J connectivity index is 1.65. The van der Waals surface area contributed by atoms with Gasteiger partial charge in [0.2, 0.25) is 5.91 Å². The largest absolute Gasteiger partial charge is 0.493 e. The minimum absolute atomic E-state index is 0.183. The number of rotatable bonds is 9. The summed E-state index contributed by atoms with van der Waals surface area (Å²) in [7, 11) is 0. The van der Waals surface area contributed by atoms with Crippen LogP contribution >= 0.6 is 23.1 Å². The molecule has 0 spiro atoms. The van der Waals surface area contributed by atoms with Gasteiger partial charge in [-0.15, -0.1) is 21.5 Å². The highest BCUT2D eigenvalue weighted by atomic mass is 32.2. The third kappa shape index (κ3) is 5.40. The Morgan fingerprint density at radius 1 is 1.30 bits per heavy atom. The topological polar surface area (TPSA) is 92.8 Å². The number of anilines is 1. The molecule has 7 nitrogen and oxygen atoms in total. The molecule has 0 unspecified atom stereocenters. The van der Waals surface area contributed by atoms with Gasteiger partial charge in [-0.1, -0.05) is 25.6 Å². The molecule has 1 N–H and O–H groups in total. The molecule has 0 aliphatic heterocycles. The van der Waals surface area contributed by atoms with Gasteiger partial charge in [-0.25, -0.2) is 0 Å². The van der Waals surface area contributed by atoms with E-state index >= 15 is 0 Å². The molecule has 0 bridgehead atoms. The molecule has 3 aromatic rings. The number of carbonyl (C=O) groups is 1. The maximum atomic E-state index is 12.3. The fourth-order valence-corrected chi connectivity index (χ4v) is 4.20. The van der Waals surface area contributed by atoms with Crippen LogP contribution in [0.3, 0.4) is 0 Å². The average molecular weight is 442 g/mol. The lowest BCUT2D eigenvalue weighted by molar-refractivity contribution is -0.113.